The predicted octanol–water partition coefficient (Wildman–Crippen LogP) is 2.93. The second-order valence-corrected chi connectivity index (χ2v) is 5.51. The lowest BCUT2D eigenvalue weighted by molar-refractivity contribution is -0.145. The van der Waals surface area contributed by atoms with E-state index in [0.717, 1.165) is 17.0 Å². The molecular weight excluding hydrogens is 327 g/mol. The molecular formula is C16H20F3NO4. The molecule has 0 aliphatic carbocycles. The Labute approximate surface area is 138 Å². The van der Waals surface area contributed by atoms with Crippen molar-refractivity contribution in [3.63, 3.8) is 0 Å². The van der Waals surface area contributed by atoms with Crippen molar-refractivity contribution < 1.29 is 32.6 Å². The lowest BCUT2D eigenvalue weighted by atomic mass is 10.1. The fourth-order valence-electron chi connectivity index (χ4n) is 1.96. The molecule has 0 aliphatic heterocycles. The van der Waals surface area contributed by atoms with Crippen molar-refractivity contribution in [2.24, 2.45) is 0 Å². The van der Waals surface area contributed by atoms with Gasteiger partial charge in [-0.05, 0) is 31.5 Å². The van der Waals surface area contributed by atoms with E-state index in [4.69, 9.17) is 9.84 Å². The minimum Gasteiger partial charge on any atom is -0.480 e. The van der Waals surface area contributed by atoms with E-state index in [1.807, 2.05) is 13.8 Å². The smallest absolute Gasteiger partial charge is 0.416 e. The van der Waals surface area contributed by atoms with Crippen molar-refractivity contribution in [1.29, 1.82) is 0 Å². The maximum absolute atomic E-state index is 12.5. The predicted molar refractivity (Wildman–Crippen MR) is 80.2 cm³/mol. The average molecular weight is 347 g/mol. The van der Waals surface area contributed by atoms with Crippen molar-refractivity contribution in [3.8, 4) is 0 Å². The van der Waals surface area contributed by atoms with Crippen molar-refractivity contribution in [2.45, 2.75) is 39.1 Å². The van der Waals surface area contributed by atoms with Crippen LogP contribution in [-0.4, -0.2) is 41.1 Å². The molecule has 0 bridgehead atoms. The maximum atomic E-state index is 12.5. The van der Waals surface area contributed by atoms with E-state index in [-0.39, 0.29) is 25.7 Å². The van der Waals surface area contributed by atoms with Crippen LogP contribution in [0, 0.1) is 0 Å². The van der Waals surface area contributed by atoms with E-state index in [0.29, 0.717) is 5.56 Å². The highest BCUT2D eigenvalue weighted by atomic mass is 19.4. The second kappa shape index (κ2) is 8.68. The van der Waals surface area contributed by atoms with Crippen molar-refractivity contribution in [2.75, 3.05) is 13.2 Å². The third-order valence-electron chi connectivity index (χ3n) is 3.10. The van der Waals surface area contributed by atoms with Gasteiger partial charge in [-0.1, -0.05) is 12.1 Å². The minimum atomic E-state index is -4.44. The molecule has 0 heterocycles. The van der Waals surface area contributed by atoms with E-state index in [2.05, 4.69) is 0 Å². The number of ether oxygens (including phenoxy) is 1. The van der Waals surface area contributed by atoms with Gasteiger partial charge in [0, 0.05) is 6.54 Å². The van der Waals surface area contributed by atoms with Gasteiger partial charge in [0.1, 0.15) is 6.54 Å². The maximum Gasteiger partial charge on any atom is 0.416 e. The van der Waals surface area contributed by atoms with Gasteiger partial charge in [-0.3, -0.25) is 9.59 Å². The van der Waals surface area contributed by atoms with Gasteiger partial charge in [-0.2, -0.15) is 13.2 Å². The number of nitrogens with zero attached hydrogens (tertiary/aromatic N) is 1. The van der Waals surface area contributed by atoms with Gasteiger partial charge in [0.05, 0.1) is 24.7 Å². The molecule has 24 heavy (non-hydrogen) atoms. The molecule has 0 atom stereocenters. The number of rotatable bonds is 8. The highest BCUT2D eigenvalue weighted by Crippen LogP contribution is 2.29. The summed E-state index contributed by atoms with van der Waals surface area (Å²) in [7, 11) is 0. The zero-order valence-corrected chi connectivity index (χ0v) is 13.5. The van der Waals surface area contributed by atoms with Gasteiger partial charge in [-0.25, -0.2) is 0 Å². The summed E-state index contributed by atoms with van der Waals surface area (Å²) in [5.74, 6) is -1.63. The minimum absolute atomic E-state index is 0.00605. The number of carboxylic acid groups (broad SMARTS) is 1. The summed E-state index contributed by atoms with van der Waals surface area (Å²) in [5.41, 5.74) is -0.380. The van der Waals surface area contributed by atoms with Crippen molar-refractivity contribution in [3.05, 3.63) is 35.4 Å². The molecule has 1 amide bonds. The van der Waals surface area contributed by atoms with Crippen LogP contribution in [0.5, 0.6) is 0 Å². The molecule has 0 unspecified atom stereocenters. The number of amides is 1. The van der Waals surface area contributed by atoms with Crippen molar-refractivity contribution >= 4 is 11.9 Å². The van der Waals surface area contributed by atoms with Crippen LogP contribution < -0.4 is 0 Å². The molecule has 1 aromatic rings. The summed E-state index contributed by atoms with van der Waals surface area (Å²) in [4.78, 5) is 24.1. The first-order valence-electron chi connectivity index (χ1n) is 7.37. The number of alkyl halides is 3. The summed E-state index contributed by atoms with van der Waals surface area (Å²) in [6, 6.07) is 4.27. The van der Waals surface area contributed by atoms with E-state index < -0.39 is 30.2 Å². The monoisotopic (exact) mass is 347 g/mol. The second-order valence-electron chi connectivity index (χ2n) is 5.51. The summed E-state index contributed by atoms with van der Waals surface area (Å²) in [5, 5.41) is 8.90. The normalized spacial score (nSPS) is 11.6. The fraction of sp³-hybridized carbons (Fsp3) is 0.500. The van der Waals surface area contributed by atoms with Gasteiger partial charge in [0.2, 0.25) is 5.91 Å². The highest BCUT2D eigenvalue weighted by molar-refractivity contribution is 5.81. The molecule has 1 rings (SSSR count). The topological polar surface area (TPSA) is 66.8 Å². The largest absolute Gasteiger partial charge is 0.480 e. The zero-order valence-electron chi connectivity index (χ0n) is 13.5. The number of hydrogen-bond acceptors (Lipinski definition) is 3. The van der Waals surface area contributed by atoms with Crippen molar-refractivity contribution in [1.82, 2.24) is 4.90 Å². The van der Waals surface area contributed by atoms with E-state index >= 15 is 0 Å². The molecule has 0 saturated heterocycles. The fourth-order valence-corrected chi connectivity index (χ4v) is 1.96. The highest BCUT2D eigenvalue weighted by Gasteiger charge is 2.30. The number of carbonyl (C=O) groups is 2. The summed E-state index contributed by atoms with van der Waals surface area (Å²) in [6.07, 6.45) is -4.49. The first kappa shape index (κ1) is 20.0. The Morgan fingerprint density at radius 3 is 2.25 bits per heavy atom. The Hall–Kier alpha value is -2.09. The third-order valence-corrected chi connectivity index (χ3v) is 3.10. The van der Waals surface area contributed by atoms with Gasteiger partial charge in [0.15, 0.2) is 0 Å². The van der Waals surface area contributed by atoms with Gasteiger partial charge >= 0.3 is 12.1 Å². The Morgan fingerprint density at radius 2 is 1.79 bits per heavy atom. The summed E-state index contributed by atoms with van der Waals surface area (Å²) < 4.78 is 42.8. The van der Waals surface area contributed by atoms with Gasteiger partial charge < -0.3 is 14.7 Å². The molecule has 1 aromatic carbocycles. The number of halogens is 3. The van der Waals surface area contributed by atoms with Gasteiger partial charge in [0.25, 0.3) is 0 Å². The molecule has 0 aliphatic rings. The van der Waals surface area contributed by atoms with E-state index in [9.17, 15) is 22.8 Å². The molecule has 0 radical (unpaired) electrons. The van der Waals surface area contributed by atoms with E-state index in [1.165, 1.54) is 12.1 Å². The molecule has 134 valence electrons. The molecule has 1 N–H and O–H groups in total. The van der Waals surface area contributed by atoms with E-state index in [1.54, 1.807) is 0 Å². The molecule has 0 fully saturated rings. The Morgan fingerprint density at radius 1 is 1.21 bits per heavy atom. The number of carbonyl (C=O) groups excluding carboxylic acids is 1. The SMILES string of the molecule is CC(C)OCCC(=O)N(CC(=O)O)Cc1ccc(C(F)(F)F)cc1. The number of hydrogen-bond donors (Lipinski definition) is 1. The van der Waals surface area contributed by atoms with Crippen LogP contribution in [0.15, 0.2) is 24.3 Å². The number of carboxylic acids is 1. The zero-order chi connectivity index (χ0) is 18.3. The van der Waals surface area contributed by atoms with Gasteiger partial charge in [-0.15, -0.1) is 0 Å². The van der Waals surface area contributed by atoms with Crippen LogP contribution in [0.4, 0.5) is 13.2 Å². The number of aliphatic carboxylic acids is 1. The quantitative estimate of drug-likeness (QED) is 0.785. The summed E-state index contributed by atoms with van der Waals surface area (Å²) in [6.45, 7) is 3.16. The Kier molecular flexibility index (Phi) is 7.21. The lowest BCUT2D eigenvalue weighted by Crippen LogP contribution is -2.35. The Balaban J connectivity index is 2.74. The van der Waals surface area contributed by atoms with Crippen LogP contribution >= 0.6 is 0 Å². The average Bonchev–Trinajstić information content (AvgIpc) is 2.45. The molecule has 8 heteroatoms. The molecule has 5 nitrogen and oxygen atoms in total. The van der Waals surface area contributed by atoms with Crippen LogP contribution in [-0.2, 0) is 27.0 Å². The third kappa shape index (κ3) is 6.99. The molecule has 0 saturated carbocycles. The Bertz CT molecular complexity index is 555. The van der Waals surface area contributed by atoms with Crippen LogP contribution in [0.1, 0.15) is 31.4 Å². The first-order chi connectivity index (χ1) is 11.1. The molecule has 0 spiro atoms. The molecule has 0 aromatic heterocycles. The number of benzene rings is 1. The standard InChI is InChI=1S/C16H20F3NO4/c1-11(2)24-8-7-14(21)20(10-15(22)23)9-12-3-5-13(6-4-12)16(17,18)19/h3-6,11H,7-10H2,1-2H3,(H,22,23). The lowest BCUT2D eigenvalue weighted by Gasteiger charge is -2.21. The van der Waals surface area contributed by atoms with Crippen LogP contribution in [0.25, 0.3) is 0 Å². The van der Waals surface area contributed by atoms with Crippen LogP contribution in [0.3, 0.4) is 0 Å². The summed E-state index contributed by atoms with van der Waals surface area (Å²) >= 11 is 0. The van der Waals surface area contributed by atoms with Crippen LogP contribution in [0.2, 0.25) is 0 Å². The first-order valence-corrected chi connectivity index (χ1v) is 7.37.